The maximum absolute atomic E-state index is 12.4. The minimum Gasteiger partial charge on any atom is -0.489 e. The largest absolute Gasteiger partial charge is 0.489 e. The quantitative estimate of drug-likeness (QED) is 0.535. The standard InChI is InChI=1S/C23H23ClN2O2/c24-20-10-6-18(7-11-20)16-28-22-12-8-17(9-13-22)14-19(15-25)23(27)26-21-4-2-1-3-5-21/h6-14,21H,1-5,16H2,(H,26,27)/b19-14-. The van der Waals surface area contributed by atoms with Crippen LogP contribution in [0, 0.1) is 11.3 Å². The summed E-state index contributed by atoms with van der Waals surface area (Å²) in [6.45, 7) is 0.444. The number of carbonyl (C=O) groups is 1. The summed E-state index contributed by atoms with van der Waals surface area (Å²) in [7, 11) is 0. The number of nitrogens with zero attached hydrogens (tertiary/aromatic N) is 1. The van der Waals surface area contributed by atoms with Gasteiger partial charge in [0.05, 0.1) is 0 Å². The topological polar surface area (TPSA) is 62.1 Å². The number of carbonyl (C=O) groups excluding carboxylic acids is 1. The first kappa shape index (κ1) is 20.0. The molecule has 1 amide bonds. The second kappa shape index (κ2) is 9.96. The molecule has 1 aliphatic carbocycles. The van der Waals surface area contributed by atoms with E-state index in [0.29, 0.717) is 11.6 Å². The molecule has 0 unspecified atom stereocenters. The van der Waals surface area contributed by atoms with Gasteiger partial charge in [-0.2, -0.15) is 5.26 Å². The van der Waals surface area contributed by atoms with E-state index >= 15 is 0 Å². The van der Waals surface area contributed by atoms with Crippen molar-refractivity contribution in [3.05, 3.63) is 70.3 Å². The zero-order valence-corrected chi connectivity index (χ0v) is 16.4. The molecule has 0 bridgehead atoms. The Bertz CT molecular complexity index is 861. The maximum Gasteiger partial charge on any atom is 0.262 e. The number of nitrogens with one attached hydrogen (secondary N) is 1. The van der Waals surface area contributed by atoms with E-state index in [1.165, 1.54) is 6.42 Å². The molecule has 0 aromatic heterocycles. The lowest BCUT2D eigenvalue weighted by Gasteiger charge is -2.22. The van der Waals surface area contributed by atoms with Crippen molar-refractivity contribution in [1.82, 2.24) is 5.32 Å². The third-order valence-electron chi connectivity index (χ3n) is 4.82. The lowest BCUT2D eigenvalue weighted by Crippen LogP contribution is -2.36. The highest BCUT2D eigenvalue weighted by atomic mass is 35.5. The van der Waals surface area contributed by atoms with Crippen molar-refractivity contribution in [3.63, 3.8) is 0 Å². The fraction of sp³-hybridized carbons (Fsp3) is 0.304. The maximum atomic E-state index is 12.4. The summed E-state index contributed by atoms with van der Waals surface area (Å²) in [5, 5.41) is 13.0. The summed E-state index contributed by atoms with van der Waals surface area (Å²) in [5.74, 6) is 0.426. The number of amides is 1. The molecule has 0 radical (unpaired) electrons. The van der Waals surface area contributed by atoms with Gasteiger partial charge in [-0.15, -0.1) is 0 Å². The van der Waals surface area contributed by atoms with Crippen LogP contribution in [0.4, 0.5) is 0 Å². The van der Waals surface area contributed by atoms with Crippen molar-refractivity contribution in [2.24, 2.45) is 0 Å². The van der Waals surface area contributed by atoms with Crippen molar-refractivity contribution in [3.8, 4) is 11.8 Å². The van der Waals surface area contributed by atoms with E-state index in [1.54, 1.807) is 6.08 Å². The van der Waals surface area contributed by atoms with Gasteiger partial charge in [0.2, 0.25) is 0 Å². The summed E-state index contributed by atoms with van der Waals surface area (Å²) >= 11 is 5.88. The molecular weight excluding hydrogens is 372 g/mol. The molecule has 4 nitrogen and oxygen atoms in total. The normalized spacial score (nSPS) is 14.9. The molecule has 28 heavy (non-hydrogen) atoms. The fourth-order valence-electron chi connectivity index (χ4n) is 3.23. The van der Waals surface area contributed by atoms with Gasteiger partial charge in [0.15, 0.2) is 0 Å². The van der Waals surface area contributed by atoms with Crippen LogP contribution in [0.15, 0.2) is 54.1 Å². The Morgan fingerprint density at radius 2 is 1.79 bits per heavy atom. The lowest BCUT2D eigenvalue weighted by molar-refractivity contribution is -0.117. The van der Waals surface area contributed by atoms with Gasteiger partial charge < -0.3 is 10.1 Å². The van der Waals surface area contributed by atoms with E-state index in [2.05, 4.69) is 5.32 Å². The van der Waals surface area contributed by atoms with Crippen LogP contribution in [0.25, 0.3) is 6.08 Å². The van der Waals surface area contributed by atoms with Gasteiger partial charge in [-0.1, -0.05) is 55.1 Å². The monoisotopic (exact) mass is 394 g/mol. The zero-order chi connectivity index (χ0) is 19.8. The minimum atomic E-state index is -0.294. The van der Waals surface area contributed by atoms with Crippen LogP contribution in [0.1, 0.15) is 43.2 Å². The number of hydrogen-bond acceptors (Lipinski definition) is 3. The van der Waals surface area contributed by atoms with Crippen LogP contribution < -0.4 is 10.1 Å². The van der Waals surface area contributed by atoms with Gasteiger partial charge in [0.25, 0.3) is 5.91 Å². The molecule has 0 aliphatic heterocycles. The zero-order valence-electron chi connectivity index (χ0n) is 15.7. The third kappa shape index (κ3) is 5.87. The SMILES string of the molecule is N#C/C(=C/c1ccc(OCc2ccc(Cl)cc2)cc1)C(=O)NC1CCCCC1. The first-order valence-electron chi connectivity index (χ1n) is 9.54. The second-order valence-electron chi connectivity index (χ2n) is 6.96. The summed E-state index contributed by atoms with van der Waals surface area (Å²) in [6, 6.07) is 17.0. The number of hydrogen-bond donors (Lipinski definition) is 1. The molecular formula is C23H23ClN2O2. The Kier molecular flexibility index (Phi) is 7.11. The molecule has 1 aliphatic rings. The Hall–Kier alpha value is -2.77. The number of nitriles is 1. The minimum absolute atomic E-state index is 0.125. The van der Waals surface area contributed by atoms with Gasteiger partial charge in [0.1, 0.15) is 24.0 Å². The number of ether oxygens (including phenoxy) is 1. The molecule has 0 atom stereocenters. The van der Waals surface area contributed by atoms with Gasteiger partial charge >= 0.3 is 0 Å². The highest BCUT2D eigenvalue weighted by Gasteiger charge is 2.18. The Morgan fingerprint density at radius 3 is 2.43 bits per heavy atom. The molecule has 1 fully saturated rings. The Balaban J connectivity index is 1.58. The molecule has 2 aromatic rings. The van der Waals surface area contributed by atoms with Crippen LogP contribution in [0.3, 0.4) is 0 Å². The van der Waals surface area contributed by atoms with Crippen LogP contribution >= 0.6 is 11.6 Å². The first-order valence-corrected chi connectivity index (χ1v) is 9.92. The summed E-state index contributed by atoms with van der Waals surface area (Å²) in [5.41, 5.74) is 1.94. The lowest BCUT2D eigenvalue weighted by atomic mass is 9.95. The Labute approximate surface area is 170 Å². The van der Waals surface area contributed by atoms with Crippen LogP contribution in [0.2, 0.25) is 5.02 Å². The van der Waals surface area contributed by atoms with E-state index < -0.39 is 0 Å². The van der Waals surface area contributed by atoms with E-state index in [-0.39, 0.29) is 17.5 Å². The fourth-order valence-corrected chi connectivity index (χ4v) is 3.36. The van der Waals surface area contributed by atoms with Crippen LogP contribution in [-0.2, 0) is 11.4 Å². The van der Waals surface area contributed by atoms with Crippen molar-refractivity contribution < 1.29 is 9.53 Å². The predicted molar refractivity (Wildman–Crippen MR) is 111 cm³/mol. The van der Waals surface area contributed by atoms with E-state index in [1.807, 2.05) is 54.6 Å². The van der Waals surface area contributed by atoms with Gasteiger partial charge in [-0.25, -0.2) is 0 Å². The number of halogens is 1. The third-order valence-corrected chi connectivity index (χ3v) is 5.07. The number of rotatable bonds is 6. The first-order chi connectivity index (χ1) is 13.6. The molecule has 0 saturated heterocycles. The van der Waals surface area contributed by atoms with E-state index in [9.17, 15) is 10.1 Å². The molecule has 0 heterocycles. The smallest absolute Gasteiger partial charge is 0.262 e. The van der Waals surface area contributed by atoms with Crippen molar-refractivity contribution in [2.45, 2.75) is 44.8 Å². The Morgan fingerprint density at radius 1 is 1.11 bits per heavy atom. The number of benzene rings is 2. The molecule has 1 saturated carbocycles. The van der Waals surface area contributed by atoms with Crippen LogP contribution in [0.5, 0.6) is 5.75 Å². The predicted octanol–water partition coefficient (Wildman–Crippen LogP) is 5.27. The molecule has 144 valence electrons. The molecule has 1 N–H and O–H groups in total. The average molecular weight is 395 g/mol. The molecule has 2 aromatic carbocycles. The van der Waals surface area contributed by atoms with Crippen molar-refractivity contribution >= 4 is 23.6 Å². The summed E-state index contributed by atoms with van der Waals surface area (Å²) in [6.07, 6.45) is 7.08. The van der Waals surface area contributed by atoms with E-state index in [4.69, 9.17) is 16.3 Å². The van der Waals surface area contributed by atoms with Crippen molar-refractivity contribution in [2.75, 3.05) is 0 Å². The highest BCUT2D eigenvalue weighted by Crippen LogP contribution is 2.19. The van der Waals surface area contributed by atoms with Crippen LogP contribution in [-0.4, -0.2) is 11.9 Å². The van der Waals surface area contributed by atoms with Gasteiger partial charge in [-0.3, -0.25) is 4.79 Å². The average Bonchev–Trinajstić information content (AvgIpc) is 2.73. The van der Waals surface area contributed by atoms with Gasteiger partial charge in [0, 0.05) is 11.1 Å². The van der Waals surface area contributed by atoms with Crippen molar-refractivity contribution in [1.29, 1.82) is 5.26 Å². The highest BCUT2D eigenvalue weighted by molar-refractivity contribution is 6.30. The summed E-state index contributed by atoms with van der Waals surface area (Å²) < 4.78 is 5.76. The second-order valence-corrected chi connectivity index (χ2v) is 7.40. The summed E-state index contributed by atoms with van der Waals surface area (Å²) in [4.78, 5) is 12.4. The molecule has 0 spiro atoms. The van der Waals surface area contributed by atoms with E-state index in [0.717, 1.165) is 42.6 Å². The molecule has 3 rings (SSSR count). The molecule has 5 heteroatoms. The van der Waals surface area contributed by atoms with Gasteiger partial charge in [-0.05, 0) is 54.3 Å².